The van der Waals surface area contributed by atoms with E-state index in [2.05, 4.69) is 27.7 Å². The number of esters is 2. The molecule has 0 saturated heterocycles. The van der Waals surface area contributed by atoms with Crippen molar-refractivity contribution in [2.75, 3.05) is 13.2 Å². The first kappa shape index (κ1) is 25.6. The highest BCUT2D eigenvalue weighted by atomic mass is 16.5. The molecule has 2 aromatic carbocycles. The Morgan fingerprint density at radius 1 is 0.625 bits per heavy atom. The fourth-order valence-electron chi connectivity index (χ4n) is 3.59. The van der Waals surface area contributed by atoms with E-state index in [0.717, 1.165) is 38.5 Å². The minimum Gasteiger partial charge on any atom is -0.462 e. The highest BCUT2D eigenvalue weighted by molar-refractivity contribution is 6.03. The predicted molar refractivity (Wildman–Crippen MR) is 130 cm³/mol. The van der Waals surface area contributed by atoms with E-state index in [1.807, 2.05) is 36.4 Å². The van der Waals surface area contributed by atoms with E-state index in [0.29, 0.717) is 47.3 Å². The Morgan fingerprint density at radius 3 is 1.38 bits per heavy atom. The molecule has 4 heteroatoms. The average Bonchev–Trinajstić information content (AvgIpc) is 2.78. The minimum atomic E-state index is -0.359. The van der Waals surface area contributed by atoms with E-state index in [9.17, 15) is 9.59 Å². The molecule has 0 N–H and O–H groups in total. The lowest BCUT2D eigenvalue weighted by Gasteiger charge is -2.14. The van der Waals surface area contributed by atoms with Gasteiger partial charge in [-0.05, 0) is 60.8 Å². The van der Waals surface area contributed by atoms with Crippen molar-refractivity contribution in [1.82, 2.24) is 0 Å². The number of carbonyl (C=O) groups is 2. The number of unbranched alkanes of at least 4 members (excludes halogenated alkanes) is 2. The molecule has 0 aromatic heterocycles. The quantitative estimate of drug-likeness (QED) is 0.243. The van der Waals surface area contributed by atoms with Crippen molar-refractivity contribution in [3.63, 3.8) is 0 Å². The van der Waals surface area contributed by atoms with Crippen LogP contribution in [-0.4, -0.2) is 25.2 Å². The summed E-state index contributed by atoms with van der Waals surface area (Å²) in [7, 11) is 0. The van der Waals surface area contributed by atoms with Gasteiger partial charge in [-0.25, -0.2) is 9.59 Å². The largest absolute Gasteiger partial charge is 0.462 e. The molecule has 0 radical (unpaired) electrons. The Bertz CT molecular complexity index is 783. The second-order valence-corrected chi connectivity index (χ2v) is 9.14. The zero-order valence-electron chi connectivity index (χ0n) is 20.1. The Labute approximate surface area is 193 Å². The SMILES string of the molecule is CC(C)CCCCOC(=O)c1ccccc1-c1ccccc1C(=O)OCCCCC(C)C. The number of hydrogen-bond acceptors (Lipinski definition) is 4. The topological polar surface area (TPSA) is 52.6 Å². The molecule has 0 heterocycles. The van der Waals surface area contributed by atoms with Gasteiger partial charge in [-0.15, -0.1) is 0 Å². The molecular formula is C28H38O4. The monoisotopic (exact) mass is 438 g/mol. The molecule has 0 amide bonds. The van der Waals surface area contributed by atoms with Crippen LogP contribution in [0, 0.1) is 11.8 Å². The maximum absolute atomic E-state index is 12.8. The van der Waals surface area contributed by atoms with Crippen LogP contribution in [0.5, 0.6) is 0 Å². The van der Waals surface area contributed by atoms with Gasteiger partial charge in [-0.1, -0.05) is 76.9 Å². The van der Waals surface area contributed by atoms with Crippen molar-refractivity contribution >= 4 is 11.9 Å². The van der Waals surface area contributed by atoms with Crippen LogP contribution >= 0.6 is 0 Å². The van der Waals surface area contributed by atoms with Crippen LogP contribution in [-0.2, 0) is 9.47 Å². The summed E-state index contributed by atoms with van der Waals surface area (Å²) in [6.07, 6.45) is 6.04. The molecule has 0 atom stereocenters. The summed E-state index contributed by atoms with van der Waals surface area (Å²) < 4.78 is 11.1. The highest BCUT2D eigenvalue weighted by Crippen LogP contribution is 2.28. The minimum absolute atomic E-state index is 0.359. The van der Waals surface area contributed by atoms with Crippen LogP contribution in [0.1, 0.15) is 86.9 Å². The molecule has 0 aliphatic rings. The van der Waals surface area contributed by atoms with Gasteiger partial charge in [-0.3, -0.25) is 0 Å². The lowest BCUT2D eigenvalue weighted by atomic mass is 9.95. The predicted octanol–water partition coefficient (Wildman–Crippen LogP) is 7.32. The van der Waals surface area contributed by atoms with Gasteiger partial charge in [0.2, 0.25) is 0 Å². The van der Waals surface area contributed by atoms with Crippen LogP contribution in [0.4, 0.5) is 0 Å². The molecule has 0 bridgehead atoms. The molecule has 0 aliphatic heterocycles. The van der Waals surface area contributed by atoms with Gasteiger partial charge >= 0.3 is 11.9 Å². The lowest BCUT2D eigenvalue weighted by molar-refractivity contribution is 0.0486. The second-order valence-electron chi connectivity index (χ2n) is 9.14. The van der Waals surface area contributed by atoms with E-state index in [1.54, 1.807) is 12.1 Å². The zero-order valence-corrected chi connectivity index (χ0v) is 20.1. The molecule has 32 heavy (non-hydrogen) atoms. The smallest absolute Gasteiger partial charge is 0.338 e. The van der Waals surface area contributed by atoms with Crippen molar-refractivity contribution in [3.8, 4) is 11.1 Å². The number of carbonyl (C=O) groups excluding carboxylic acids is 2. The molecule has 2 aromatic rings. The van der Waals surface area contributed by atoms with Crippen LogP contribution in [0.3, 0.4) is 0 Å². The zero-order chi connectivity index (χ0) is 23.3. The maximum atomic E-state index is 12.8. The Hall–Kier alpha value is -2.62. The second kappa shape index (κ2) is 13.7. The number of hydrogen-bond donors (Lipinski definition) is 0. The standard InChI is InChI=1S/C28H38O4/c1-21(2)13-9-11-19-31-27(29)25-17-7-5-15-23(25)24-16-6-8-18-26(24)28(30)32-20-12-10-14-22(3)4/h5-8,15-18,21-22H,9-14,19-20H2,1-4H3. The van der Waals surface area contributed by atoms with Crippen LogP contribution in [0.15, 0.2) is 48.5 Å². The Morgan fingerprint density at radius 2 is 1.00 bits per heavy atom. The van der Waals surface area contributed by atoms with Crippen molar-refractivity contribution in [1.29, 1.82) is 0 Å². The van der Waals surface area contributed by atoms with Crippen molar-refractivity contribution in [2.24, 2.45) is 11.8 Å². The number of ether oxygens (including phenoxy) is 2. The molecule has 2 rings (SSSR count). The third-order valence-electron chi connectivity index (χ3n) is 5.40. The summed E-state index contributed by atoms with van der Waals surface area (Å²) in [6, 6.07) is 14.6. The summed E-state index contributed by atoms with van der Waals surface area (Å²) in [4.78, 5) is 25.6. The normalized spacial score (nSPS) is 11.1. The Balaban J connectivity index is 2.07. The van der Waals surface area contributed by atoms with Gasteiger partial charge in [0.1, 0.15) is 0 Å². The molecule has 0 unspecified atom stereocenters. The molecule has 0 aliphatic carbocycles. The van der Waals surface area contributed by atoms with Crippen molar-refractivity contribution in [3.05, 3.63) is 59.7 Å². The molecule has 4 nitrogen and oxygen atoms in total. The molecular weight excluding hydrogens is 400 g/mol. The van der Waals surface area contributed by atoms with E-state index < -0.39 is 0 Å². The van der Waals surface area contributed by atoms with E-state index in [-0.39, 0.29) is 11.9 Å². The van der Waals surface area contributed by atoms with E-state index in [1.165, 1.54) is 0 Å². The van der Waals surface area contributed by atoms with Crippen LogP contribution in [0.25, 0.3) is 11.1 Å². The van der Waals surface area contributed by atoms with Crippen molar-refractivity contribution in [2.45, 2.75) is 66.2 Å². The van der Waals surface area contributed by atoms with Gasteiger partial charge in [0.15, 0.2) is 0 Å². The molecule has 0 fully saturated rings. The first-order chi connectivity index (χ1) is 15.4. The first-order valence-electron chi connectivity index (χ1n) is 11.9. The van der Waals surface area contributed by atoms with Crippen LogP contribution < -0.4 is 0 Å². The summed E-state index contributed by atoms with van der Waals surface area (Å²) in [6.45, 7) is 9.57. The fraction of sp³-hybridized carbons (Fsp3) is 0.500. The third-order valence-corrected chi connectivity index (χ3v) is 5.40. The number of benzene rings is 2. The van der Waals surface area contributed by atoms with Crippen LogP contribution in [0.2, 0.25) is 0 Å². The lowest BCUT2D eigenvalue weighted by Crippen LogP contribution is -2.11. The van der Waals surface area contributed by atoms with Gasteiger partial charge < -0.3 is 9.47 Å². The van der Waals surface area contributed by atoms with Gasteiger partial charge in [0.25, 0.3) is 0 Å². The molecule has 174 valence electrons. The third kappa shape index (κ3) is 8.49. The highest BCUT2D eigenvalue weighted by Gasteiger charge is 2.19. The first-order valence-corrected chi connectivity index (χ1v) is 11.9. The van der Waals surface area contributed by atoms with Gasteiger partial charge in [-0.2, -0.15) is 0 Å². The average molecular weight is 439 g/mol. The summed E-state index contributed by atoms with van der Waals surface area (Å²) >= 11 is 0. The summed E-state index contributed by atoms with van der Waals surface area (Å²) in [5.41, 5.74) is 2.31. The summed E-state index contributed by atoms with van der Waals surface area (Å²) in [5, 5.41) is 0. The van der Waals surface area contributed by atoms with Gasteiger partial charge in [0.05, 0.1) is 24.3 Å². The van der Waals surface area contributed by atoms with E-state index >= 15 is 0 Å². The summed E-state index contributed by atoms with van der Waals surface area (Å²) in [5.74, 6) is 0.583. The van der Waals surface area contributed by atoms with E-state index in [4.69, 9.17) is 9.47 Å². The number of rotatable bonds is 13. The fourth-order valence-corrected chi connectivity index (χ4v) is 3.59. The Kier molecular flexibility index (Phi) is 11.0. The molecule has 0 spiro atoms. The van der Waals surface area contributed by atoms with Crippen molar-refractivity contribution < 1.29 is 19.1 Å². The molecule has 0 saturated carbocycles. The maximum Gasteiger partial charge on any atom is 0.338 e. The van der Waals surface area contributed by atoms with Gasteiger partial charge in [0, 0.05) is 0 Å².